The molecule has 2 atom stereocenters. The first-order valence-electron chi connectivity index (χ1n) is 7.82. The molecule has 1 aliphatic carbocycles. The summed E-state index contributed by atoms with van der Waals surface area (Å²) in [5.41, 5.74) is 1.25. The van der Waals surface area contributed by atoms with E-state index in [9.17, 15) is 5.11 Å². The van der Waals surface area contributed by atoms with E-state index in [2.05, 4.69) is 23.4 Å². The maximum absolute atomic E-state index is 9.66. The van der Waals surface area contributed by atoms with Crippen molar-refractivity contribution in [3.05, 3.63) is 29.8 Å². The molecule has 0 bridgehead atoms. The maximum Gasteiger partial charge on any atom is 0.119 e. The van der Waals surface area contributed by atoms with Crippen molar-refractivity contribution in [2.24, 2.45) is 5.92 Å². The number of aliphatic hydroxyl groups is 1. The molecule has 3 nitrogen and oxygen atoms in total. The van der Waals surface area contributed by atoms with E-state index in [1.165, 1.54) is 12.0 Å². The first kappa shape index (κ1) is 15.9. The summed E-state index contributed by atoms with van der Waals surface area (Å²) in [4.78, 5) is 0. The number of nitrogens with one attached hydrogen (secondary N) is 1. The molecule has 0 heterocycles. The summed E-state index contributed by atoms with van der Waals surface area (Å²) in [5, 5.41) is 13.1. The fraction of sp³-hybridized carbons (Fsp3) is 0.556. The second kappa shape index (κ2) is 8.71. The van der Waals surface area contributed by atoms with Gasteiger partial charge in [-0.15, -0.1) is 12.3 Å². The number of aliphatic hydroxyl groups excluding tert-OH is 1. The number of hydrogen-bond acceptors (Lipinski definition) is 3. The molecule has 1 fully saturated rings. The Labute approximate surface area is 127 Å². The van der Waals surface area contributed by atoms with Crippen LogP contribution in [0.25, 0.3) is 0 Å². The van der Waals surface area contributed by atoms with Gasteiger partial charge in [0.15, 0.2) is 0 Å². The first-order valence-corrected chi connectivity index (χ1v) is 7.82. The Kier molecular flexibility index (Phi) is 6.59. The van der Waals surface area contributed by atoms with Gasteiger partial charge in [0.25, 0.3) is 0 Å². The van der Waals surface area contributed by atoms with Gasteiger partial charge in [0, 0.05) is 13.0 Å². The van der Waals surface area contributed by atoms with E-state index >= 15 is 0 Å². The van der Waals surface area contributed by atoms with Gasteiger partial charge in [0.2, 0.25) is 0 Å². The fourth-order valence-corrected chi connectivity index (χ4v) is 2.80. The minimum absolute atomic E-state index is 0.0926. The fourth-order valence-electron chi connectivity index (χ4n) is 2.80. The topological polar surface area (TPSA) is 41.5 Å². The molecule has 0 saturated heterocycles. The molecule has 0 radical (unpaired) electrons. The molecule has 2 N–H and O–H groups in total. The van der Waals surface area contributed by atoms with Crippen LogP contribution in [0.3, 0.4) is 0 Å². The Morgan fingerprint density at radius 1 is 1.29 bits per heavy atom. The van der Waals surface area contributed by atoms with Crippen LogP contribution in [-0.2, 0) is 6.54 Å². The normalized spacial score (nSPS) is 21.7. The molecule has 3 heteroatoms. The van der Waals surface area contributed by atoms with Crippen LogP contribution in [0.4, 0.5) is 0 Å². The first-order chi connectivity index (χ1) is 10.3. The van der Waals surface area contributed by atoms with Crippen LogP contribution in [0.5, 0.6) is 5.75 Å². The van der Waals surface area contributed by atoms with Crippen molar-refractivity contribution >= 4 is 0 Å². The zero-order chi connectivity index (χ0) is 14.9. The lowest BCUT2D eigenvalue weighted by molar-refractivity contribution is 0.101. The molecule has 2 unspecified atom stereocenters. The van der Waals surface area contributed by atoms with Crippen molar-refractivity contribution in [1.29, 1.82) is 0 Å². The van der Waals surface area contributed by atoms with Crippen LogP contribution in [0.2, 0.25) is 0 Å². The molecule has 0 amide bonds. The highest BCUT2D eigenvalue weighted by atomic mass is 16.5. The van der Waals surface area contributed by atoms with Crippen molar-refractivity contribution in [1.82, 2.24) is 5.32 Å². The van der Waals surface area contributed by atoms with Crippen LogP contribution in [0, 0.1) is 18.3 Å². The van der Waals surface area contributed by atoms with Crippen LogP contribution in [0.15, 0.2) is 24.3 Å². The van der Waals surface area contributed by atoms with E-state index < -0.39 is 0 Å². The predicted molar refractivity (Wildman–Crippen MR) is 85.1 cm³/mol. The Balaban J connectivity index is 1.67. The summed E-state index contributed by atoms with van der Waals surface area (Å²) in [6, 6.07) is 8.12. The monoisotopic (exact) mass is 287 g/mol. The van der Waals surface area contributed by atoms with Gasteiger partial charge in [0.05, 0.1) is 12.7 Å². The maximum atomic E-state index is 9.66. The van der Waals surface area contributed by atoms with E-state index in [-0.39, 0.29) is 6.10 Å². The lowest BCUT2D eigenvalue weighted by Crippen LogP contribution is -2.28. The summed E-state index contributed by atoms with van der Waals surface area (Å²) >= 11 is 0. The molecule has 1 aromatic carbocycles. The third-order valence-corrected chi connectivity index (χ3v) is 3.96. The van der Waals surface area contributed by atoms with E-state index in [1.54, 1.807) is 0 Å². The zero-order valence-electron chi connectivity index (χ0n) is 12.6. The molecule has 0 spiro atoms. The van der Waals surface area contributed by atoms with Gasteiger partial charge >= 0.3 is 0 Å². The van der Waals surface area contributed by atoms with Gasteiger partial charge in [-0.1, -0.05) is 18.6 Å². The van der Waals surface area contributed by atoms with Crippen molar-refractivity contribution in [2.75, 3.05) is 13.2 Å². The summed E-state index contributed by atoms with van der Waals surface area (Å²) in [6.45, 7) is 2.41. The third kappa shape index (κ3) is 5.79. The number of hydrogen-bond donors (Lipinski definition) is 2. The molecular weight excluding hydrogens is 262 g/mol. The minimum atomic E-state index is -0.0926. The van der Waals surface area contributed by atoms with Crippen LogP contribution >= 0.6 is 0 Å². The second-order valence-corrected chi connectivity index (χ2v) is 5.76. The Hall–Kier alpha value is -1.50. The number of terminal acetylenes is 1. The SMILES string of the molecule is C#CCCOc1ccc(CNCC2CCCC(O)C2)cc1. The Morgan fingerprint density at radius 2 is 2.10 bits per heavy atom. The van der Waals surface area contributed by atoms with E-state index in [1.807, 2.05) is 12.1 Å². The lowest BCUT2D eigenvalue weighted by Gasteiger charge is -2.26. The molecule has 2 rings (SSSR count). The molecular formula is C18H25NO2. The molecule has 1 aliphatic rings. The Morgan fingerprint density at radius 3 is 2.81 bits per heavy atom. The summed E-state index contributed by atoms with van der Waals surface area (Å²) in [6.07, 6.45) is 10.0. The van der Waals surface area contributed by atoms with Gasteiger partial charge in [-0.25, -0.2) is 0 Å². The summed E-state index contributed by atoms with van der Waals surface area (Å²) in [7, 11) is 0. The molecule has 1 aromatic rings. The van der Waals surface area contributed by atoms with Gasteiger partial charge in [-0.3, -0.25) is 0 Å². The average molecular weight is 287 g/mol. The van der Waals surface area contributed by atoms with E-state index in [0.29, 0.717) is 18.9 Å². The molecule has 114 valence electrons. The highest BCUT2D eigenvalue weighted by molar-refractivity contribution is 5.27. The Bertz CT molecular complexity index is 449. The smallest absolute Gasteiger partial charge is 0.119 e. The van der Waals surface area contributed by atoms with Gasteiger partial charge in [-0.05, 0) is 49.4 Å². The largest absolute Gasteiger partial charge is 0.493 e. The van der Waals surface area contributed by atoms with E-state index in [4.69, 9.17) is 11.2 Å². The van der Waals surface area contributed by atoms with Gasteiger partial charge in [-0.2, -0.15) is 0 Å². The van der Waals surface area contributed by atoms with Crippen molar-refractivity contribution in [3.8, 4) is 18.1 Å². The molecule has 0 aromatic heterocycles. The number of benzene rings is 1. The standard InChI is InChI=1S/C18H25NO2/c1-2-3-11-21-18-9-7-15(8-10-18)13-19-14-16-5-4-6-17(20)12-16/h1,7-10,16-17,19-20H,3-6,11-14H2. The average Bonchev–Trinajstić information content (AvgIpc) is 2.49. The second-order valence-electron chi connectivity index (χ2n) is 5.76. The quantitative estimate of drug-likeness (QED) is 0.598. The van der Waals surface area contributed by atoms with Gasteiger partial charge in [0.1, 0.15) is 5.75 Å². The molecule has 1 saturated carbocycles. The molecule has 21 heavy (non-hydrogen) atoms. The van der Waals surface area contributed by atoms with Gasteiger partial charge < -0.3 is 15.2 Å². The third-order valence-electron chi connectivity index (χ3n) is 3.96. The predicted octanol–water partition coefficient (Wildman–Crippen LogP) is 2.73. The summed E-state index contributed by atoms with van der Waals surface area (Å²) < 4.78 is 5.52. The number of rotatable bonds is 7. The van der Waals surface area contributed by atoms with Crippen LogP contribution in [0.1, 0.15) is 37.7 Å². The van der Waals surface area contributed by atoms with Crippen molar-refractivity contribution in [3.63, 3.8) is 0 Å². The highest BCUT2D eigenvalue weighted by Crippen LogP contribution is 2.23. The van der Waals surface area contributed by atoms with Crippen molar-refractivity contribution in [2.45, 2.75) is 44.8 Å². The minimum Gasteiger partial charge on any atom is -0.493 e. The van der Waals surface area contributed by atoms with E-state index in [0.717, 1.165) is 38.1 Å². The zero-order valence-corrected chi connectivity index (χ0v) is 12.6. The summed E-state index contributed by atoms with van der Waals surface area (Å²) in [5.74, 6) is 4.04. The lowest BCUT2D eigenvalue weighted by atomic mass is 9.87. The number of ether oxygens (including phenoxy) is 1. The van der Waals surface area contributed by atoms with Crippen LogP contribution in [-0.4, -0.2) is 24.4 Å². The van der Waals surface area contributed by atoms with Crippen LogP contribution < -0.4 is 10.1 Å². The molecule has 0 aliphatic heterocycles. The highest BCUT2D eigenvalue weighted by Gasteiger charge is 2.19. The van der Waals surface area contributed by atoms with Crippen molar-refractivity contribution < 1.29 is 9.84 Å².